The van der Waals surface area contributed by atoms with Crippen LogP contribution in [0.4, 0.5) is 0 Å². The van der Waals surface area contributed by atoms with Crippen LogP contribution >= 0.6 is 0 Å². The van der Waals surface area contributed by atoms with E-state index in [0.29, 0.717) is 12.6 Å². The van der Waals surface area contributed by atoms with E-state index in [1.54, 1.807) is 0 Å². The smallest absolute Gasteiger partial charge is 0.0258 e. The van der Waals surface area contributed by atoms with E-state index in [1.165, 1.54) is 25.7 Å². The first-order valence-electron chi connectivity index (χ1n) is 6.28. The van der Waals surface area contributed by atoms with Crippen molar-refractivity contribution >= 4 is 0 Å². The van der Waals surface area contributed by atoms with E-state index in [4.69, 9.17) is 5.73 Å². The van der Waals surface area contributed by atoms with Crippen LogP contribution in [0.1, 0.15) is 46.0 Å². The molecule has 0 heterocycles. The van der Waals surface area contributed by atoms with Crippen LogP contribution in [0.25, 0.3) is 0 Å². The van der Waals surface area contributed by atoms with Gasteiger partial charge in [-0.3, -0.25) is 0 Å². The highest BCUT2D eigenvalue weighted by atomic mass is 14.9. The van der Waals surface area contributed by atoms with Gasteiger partial charge in [-0.15, -0.1) is 0 Å². The molecule has 1 rings (SSSR count). The Morgan fingerprint density at radius 1 is 1.33 bits per heavy atom. The van der Waals surface area contributed by atoms with Crippen molar-refractivity contribution in [1.29, 1.82) is 0 Å². The molecule has 1 fully saturated rings. The molecule has 1 aliphatic rings. The quantitative estimate of drug-likeness (QED) is 0.732. The Balaban J connectivity index is 2.22. The van der Waals surface area contributed by atoms with Crippen LogP contribution in [0, 0.1) is 11.8 Å². The maximum Gasteiger partial charge on any atom is 0.0258 e. The Kier molecular flexibility index (Phi) is 5.16. The van der Waals surface area contributed by atoms with Crippen LogP contribution in [0.3, 0.4) is 0 Å². The normalized spacial score (nSPS) is 26.7. The second-order valence-electron chi connectivity index (χ2n) is 5.14. The van der Waals surface area contributed by atoms with Gasteiger partial charge in [-0.2, -0.15) is 0 Å². The van der Waals surface area contributed by atoms with E-state index >= 15 is 0 Å². The van der Waals surface area contributed by atoms with Crippen molar-refractivity contribution in [2.24, 2.45) is 17.6 Å². The Bertz CT molecular complexity index is 191. The Hall–Kier alpha value is -0.500. The summed E-state index contributed by atoms with van der Waals surface area (Å²) in [6, 6.07) is 0.652. The van der Waals surface area contributed by atoms with Crippen LogP contribution in [0.2, 0.25) is 0 Å². The molecule has 88 valence electrons. The SMILES string of the molecule is C=C(CCN)NC1CCC(C(C)C)CC1. The summed E-state index contributed by atoms with van der Waals surface area (Å²) >= 11 is 0. The summed E-state index contributed by atoms with van der Waals surface area (Å²) in [5.41, 5.74) is 6.61. The molecule has 0 aliphatic heterocycles. The van der Waals surface area contributed by atoms with Gasteiger partial charge in [0.05, 0.1) is 0 Å². The third-order valence-electron chi connectivity index (χ3n) is 3.57. The van der Waals surface area contributed by atoms with Crippen LogP contribution in [-0.4, -0.2) is 12.6 Å². The molecule has 0 amide bonds. The van der Waals surface area contributed by atoms with Gasteiger partial charge < -0.3 is 11.1 Å². The molecule has 2 nitrogen and oxygen atoms in total. The topological polar surface area (TPSA) is 38.0 Å². The zero-order valence-corrected chi connectivity index (χ0v) is 10.3. The van der Waals surface area contributed by atoms with Gasteiger partial charge >= 0.3 is 0 Å². The first-order valence-corrected chi connectivity index (χ1v) is 6.28. The van der Waals surface area contributed by atoms with E-state index < -0.39 is 0 Å². The Morgan fingerprint density at radius 2 is 1.93 bits per heavy atom. The first-order chi connectivity index (χ1) is 7.13. The summed E-state index contributed by atoms with van der Waals surface area (Å²) in [5.74, 6) is 1.78. The molecule has 0 atom stereocenters. The molecule has 2 heteroatoms. The van der Waals surface area contributed by atoms with Crippen molar-refractivity contribution in [3.05, 3.63) is 12.3 Å². The maximum absolute atomic E-state index is 5.50. The van der Waals surface area contributed by atoms with Crippen molar-refractivity contribution in [3.8, 4) is 0 Å². The Morgan fingerprint density at radius 3 is 2.40 bits per heavy atom. The first kappa shape index (κ1) is 12.6. The molecule has 0 spiro atoms. The van der Waals surface area contributed by atoms with Crippen molar-refractivity contribution in [1.82, 2.24) is 5.32 Å². The summed E-state index contributed by atoms with van der Waals surface area (Å²) in [6.45, 7) is 9.38. The van der Waals surface area contributed by atoms with E-state index in [9.17, 15) is 0 Å². The van der Waals surface area contributed by atoms with E-state index in [1.807, 2.05) is 0 Å². The van der Waals surface area contributed by atoms with Gasteiger partial charge in [0.1, 0.15) is 0 Å². The van der Waals surface area contributed by atoms with Gasteiger partial charge in [0.2, 0.25) is 0 Å². The zero-order valence-electron chi connectivity index (χ0n) is 10.3. The molecule has 0 saturated heterocycles. The predicted octanol–water partition coefficient (Wildman–Crippen LogP) is 2.65. The van der Waals surface area contributed by atoms with Crippen LogP contribution in [-0.2, 0) is 0 Å². The van der Waals surface area contributed by atoms with Crippen molar-refractivity contribution < 1.29 is 0 Å². The lowest BCUT2D eigenvalue weighted by Crippen LogP contribution is -2.33. The third kappa shape index (κ3) is 4.25. The fraction of sp³-hybridized carbons (Fsp3) is 0.846. The van der Waals surface area contributed by atoms with Crippen molar-refractivity contribution in [3.63, 3.8) is 0 Å². The lowest BCUT2D eigenvalue weighted by molar-refractivity contribution is 0.245. The average molecular weight is 210 g/mol. The molecule has 3 N–H and O–H groups in total. The largest absolute Gasteiger partial charge is 0.386 e. The van der Waals surface area contributed by atoms with E-state index in [2.05, 4.69) is 25.7 Å². The lowest BCUT2D eigenvalue weighted by atomic mass is 9.79. The van der Waals surface area contributed by atoms with Crippen molar-refractivity contribution in [2.75, 3.05) is 6.54 Å². The fourth-order valence-corrected chi connectivity index (χ4v) is 2.47. The molecule has 0 aromatic rings. The fourth-order valence-electron chi connectivity index (χ4n) is 2.47. The molecule has 1 aliphatic carbocycles. The number of hydrogen-bond donors (Lipinski definition) is 2. The second-order valence-corrected chi connectivity index (χ2v) is 5.14. The molecular formula is C13H26N2. The summed E-state index contributed by atoms with van der Waals surface area (Å²) in [4.78, 5) is 0. The summed E-state index contributed by atoms with van der Waals surface area (Å²) in [6.07, 6.45) is 6.24. The van der Waals surface area contributed by atoms with Crippen LogP contribution < -0.4 is 11.1 Å². The molecule has 1 saturated carbocycles. The number of hydrogen-bond acceptors (Lipinski definition) is 2. The highest BCUT2D eigenvalue weighted by Gasteiger charge is 2.22. The molecule has 0 bridgehead atoms. The number of rotatable bonds is 5. The van der Waals surface area contributed by atoms with Gasteiger partial charge in [-0.05, 0) is 50.5 Å². The van der Waals surface area contributed by atoms with Crippen molar-refractivity contribution in [2.45, 2.75) is 52.0 Å². The van der Waals surface area contributed by atoms with Crippen LogP contribution in [0.5, 0.6) is 0 Å². The Labute approximate surface area is 94.3 Å². The highest BCUT2D eigenvalue weighted by Crippen LogP contribution is 2.30. The third-order valence-corrected chi connectivity index (χ3v) is 3.57. The van der Waals surface area contributed by atoms with Crippen LogP contribution in [0.15, 0.2) is 12.3 Å². The monoisotopic (exact) mass is 210 g/mol. The number of nitrogens with two attached hydrogens (primary N) is 1. The molecule has 0 aromatic carbocycles. The lowest BCUT2D eigenvalue weighted by Gasteiger charge is -2.32. The minimum Gasteiger partial charge on any atom is -0.386 e. The molecular weight excluding hydrogens is 184 g/mol. The highest BCUT2D eigenvalue weighted by molar-refractivity contribution is 4.95. The van der Waals surface area contributed by atoms with Gasteiger partial charge in [0.15, 0.2) is 0 Å². The standard InChI is InChI=1S/C13H26N2/c1-10(2)12-4-6-13(7-5-12)15-11(3)8-9-14/h10,12-13,15H,3-9,14H2,1-2H3. The molecule has 15 heavy (non-hydrogen) atoms. The van der Waals surface area contributed by atoms with Gasteiger partial charge in [-0.25, -0.2) is 0 Å². The molecule has 0 radical (unpaired) electrons. The number of nitrogens with one attached hydrogen (secondary N) is 1. The second kappa shape index (κ2) is 6.16. The van der Waals surface area contributed by atoms with E-state index in [0.717, 1.165) is 24.0 Å². The minimum atomic E-state index is 0.652. The van der Waals surface area contributed by atoms with Gasteiger partial charge in [0.25, 0.3) is 0 Å². The van der Waals surface area contributed by atoms with Gasteiger partial charge in [-0.1, -0.05) is 20.4 Å². The summed E-state index contributed by atoms with van der Waals surface area (Å²) < 4.78 is 0. The van der Waals surface area contributed by atoms with Gasteiger partial charge in [0, 0.05) is 11.7 Å². The molecule has 0 aromatic heterocycles. The van der Waals surface area contributed by atoms with E-state index in [-0.39, 0.29) is 0 Å². The maximum atomic E-state index is 5.50. The zero-order chi connectivity index (χ0) is 11.3. The molecule has 0 unspecified atom stereocenters. The summed E-state index contributed by atoms with van der Waals surface area (Å²) in [5, 5.41) is 3.50. The minimum absolute atomic E-state index is 0.652. The predicted molar refractivity (Wildman–Crippen MR) is 66.5 cm³/mol. The average Bonchev–Trinajstić information content (AvgIpc) is 2.18. The summed E-state index contributed by atoms with van der Waals surface area (Å²) in [7, 11) is 0.